The van der Waals surface area contributed by atoms with Crippen LogP contribution in [0, 0.1) is 0 Å². The molecular formula is C11H19N3OS. The highest BCUT2D eigenvalue weighted by atomic mass is 32.2. The van der Waals surface area contributed by atoms with Crippen LogP contribution in [0.1, 0.15) is 18.8 Å². The Kier molecular flexibility index (Phi) is 4.26. The first-order valence-corrected chi connectivity index (χ1v) is 6.88. The molecule has 2 atom stereocenters. The molecule has 0 aliphatic carbocycles. The number of likely N-dealkylation sites (N-methyl/N-ethyl adjacent to an activating group) is 1. The normalized spacial score (nSPS) is 23.2. The van der Waals surface area contributed by atoms with Crippen LogP contribution in [0.4, 0.5) is 0 Å². The molecule has 1 aromatic rings. The van der Waals surface area contributed by atoms with E-state index < -0.39 is 0 Å². The van der Waals surface area contributed by atoms with Gasteiger partial charge in [-0.25, -0.2) is 4.98 Å². The van der Waals surface area contributed by atoms with Gasteiger partial charge >= 0.3 is 0 Å². The number of hydrogen-bond donors (Lipinski definition) is 1. The maximum Gasteiger partial charge on any atom is 0.128 e. The largest absolute Gasteiger partial charge is 0.374 e. The van der Waals surface area contributed by atoms with Crippen molar-refractivity contribution >= 4 is 11.8 Å². The molecule has 2 rings (SSSR count). The molecule has 1 aromatic heterocycles. The van der Waals surface area contributed by atoms with Crippen LogP contribution in [-0.4, -0.2) is 40.3 Å². The summed E-state index contributed by atoms with van der Waals surface area (Å²) in [6.45, 7) is 3.90. The first-order chi connectivity index (χ1) is 7.83. The molecule has 16 heavy (non-hydrogen) atoms. The van der Waals surface area contributed by atoms with Crippen LogP contribution < -0.4 is 5.32 Å². The number of aromatic nitrogens is 2. The lowest BCUT2D eigenvalue weighted by atomic mass is 10.1. The van der Waals surface area contributed by atoms with Crippen molar-refractivity contribution in [2.45, 2.75) is 19.1 Å². The van der Waals surface area contributed by atoms with Gasteiger partial charge in [-0.3, -0.25) is 0 Å². The van der Waals surface area contributed by atoms with Gasteiger partial charge in [-0.2, -0.15) is 11.8 Å². The van der Waals surface area contributed by atoms with Crippen molar-refractivity contribution in [2.24, 2.45) is 7.05 Å². The Morgan fingerprint density at radius 1 is 1.75 bits per heavy atom. The Morgan fingerprint density at radius 3 is 3.19 bits per heavy atom. The zero-order valence-corrected chi connectivity index (χ0v) is 10.7. The summed E-state index contributed by atoms with van der Waals surface area (Å²) in [5.41, 5.74) is 0. The Labute approximate surface area is 101 Å². The van der Waals surface area contributed by atoms with Crippen LogP contribution >= 0.6 is 11.8 Å². The van der Waals surface area contributed by atoms with Gasteiger partial charge < -0.3 is 14.6 Å². The predicted octanol–water partition coefficient (Wildman–Crippen LogP) is 1.20. The molecule has 0 aromatic carbocycles. The van der Waals surface area contributed by atoms with E-state index in [4.69, 9.17) is 4.74 Å². The van der Waals surface area contributed by atoms with E-state index in [0.717, 1.165) is 30.5 Å². The second-order valence-electron chi connectivity index (χ2n) is 3.92. The van der Waals surface area contributed by atoms with Crippen LogP contribution in [0.5, 0.6) is 0 Å². The van der Waals surface area contributed by atoms with Gasteiger partial charge in [0.05, 0.1) is 18.8 Å². The number of hydrogen-bond acceptors (Lipinski definition) is 4. The molecule has 4 nitrogen and oxygen atoms in total. The molecule has 2 unspecified atom stereocenters. The summed E-state index contributed by atoms with van der Waals surface area (Å²) in [5, 5.41) is 3.47. The molecule has 1 aliphatic heterocycles. The summed E-state index contributed by atoms with van der Waals surface area (Å²) in [6, 6.07) is 0.206. The Bertz CT molecular complexity index is 323. The first kappa shape index (κ1) is 12.0. The molecule has 1 saturated heterocycles. The lowest BCUT2D eigenvalue weighted by molar-refractivity contribution is 0.0442. The molecule has 1 N–H and O–H groups in total. The van der Waals surface area contributed by atoms with Crippen molar-refractivity contribution in [3.8, 4) is 0 Å². The van der Waals surface area contributed by atoms with Crippen LogP contribution in [0.15, 0.2) is 12.4 Å². The van der Waals surface area contributed by atoms with Crippen LogP contribution in [0.2, 0.25) is 0 Å². The molecule has 5 heteroatoms. The van der Waals surface area contributed by atoms with Gasteiger partial charge in [0.2, 0.25) is 0 Å². The lowest BCUT2D eigenvalue weighted by Gasteiger charge is -2.30. The quantitative estimate of drug-likeness (QED) is 0.860. The van der Waals surface area contributed by atoms with Gasteiger partial charge in [0.1, 0.15) is 5.82 Å². The number of imidazole rings is 1. The van der Waals surface area contributed by atoms with Crippen LogP contribution in [-0.2, 0) is 11.8 Å². The number of nitrogens with zero attached hydrogens (tertiary/aromatic N) is 2. The summed E-state index contributed by atoms with van der Waals surface area (Å²) in [7, 11) is 2.03. The molecule has 2 heterocycles. The minimum absolute atomic E-state index is 0.206. The smallest absolute Gasteiger partial charge is 0.128 e. The van der Waals surface area contributed by atoms with Crippen molar-refractivity contribution in [2.75, 3.05) is 24.7 Å². The van der Waals surface area contributed by atoms with E-state index >= 15 is 0 Å². The minimum Gasteiger partial charge on any atom is -0.374 e. The lowest BCUT2D eigenvalue weighted by Crippen LogP contribution is -2.39. The third-order valence-corrected chi connectivity index (χ3v) is 3.79. The average Bonchev–Trinajstić information content (AvgIpc) is 2.73. The Hall–Kier alpha value is -0.520. The van der Waals surface area contributed by atoms with E-state index in [2.05, 4.69) is 21.8 Å². The number of ether oxygens (including phenoxy) is 1. The SMILES string of the molecule is CCNC(c1nccn1C)C1CSCCO1. The van der Waals surface area contributed by atoms with Gasteiger partial charge in [0.15, 0.2) is 0 Å². The molecule has 0 radical (unpaired) electrons. The van der Waals surface area contributed by atoms with Crippen LogP contribution in [0.25, 0.3) is 0 Å². The van der Waals surface area contributed by atoms with Crippen molar-refractivity contribution in [3.05, 3.63) is 18.2 Å². The van der Waals surface area contributed by atoms with E-state index in [9.17, 15) is 0 Å². The molecule has 0 saturated carbocycles. The van der Waals surface area contributed by atoms with E-state index in [1.165, 1.54) is 0 Å². The Morgan fingerprint density at radius 2 is 2.62 bits per heavy atom. The van der Waals surface area contributed by atoms with Crippen molar-refractivity contribution in [3.63, 3.8) is 0 Å². The summed E-state index contributed by atoms with van der Waals surface area (Å²) in [4.78, 5) is 4.42. The third kappa shape index (κ3) is 2.59. The second kappa shape index (κ2) is 5.70. The topological polar surface area (TPSA) is 39.1 Å². The number of nitrogens with one attached hydrogen (secondary N) is 1. The third-order valence-electron chi connectivity index (χ3n) is 2.77. The zero-order chi connectivity index (χ0) is 11.4. The van der Waals surface area contributed by atoms with Crippen molar-refractivity contribution in [1.82, 2.24) is 14.9 Å². The first-order valence-electron chi connectivity index (χ1n) is 5.73. The van der Waals surface area contributed by atoms with E-state index in [0.29, 0.717) is 0 Å². The minimum atomic E-state index is 0.206. The fraction of sp³-hybridized carbons (Fsp3) is 0.727. The van der Waals surface area contributed by atoms with Gasteiger partial charge in [-0.05, 0) is 6.54 Å². The molecule has 1 fully saturated rings. The summed E-state index contributed by atoms with van der Waals surface area (Å²) in [6.07, 6.45) is 4.06. The predicted molar refractivity (Wildman–Crippen MR) is 66.7 cm³/mol. The highest BCUT2D eigenvalue weighted by Gasteiger charge is 2.28. The van der Waals surface area contributed by atoms with E-state index in [-0.39, 0.29) is 12.1 Å². The van der Waals surface area contributed by atoms with Gasteiger partial charge in [-0.15, -0.1) is 0 Å². The molecule has 90 valence electrons. The highest BCUT2D eigenvalue weighted by Crippen LogP contribution is 2.24. The van der Waals surface area contributed by atoms with Gasteiger partial charge in [-0.1, -0.05) is 6.92 Å². The molecular weight excluding hydrogens is 222 g/mol. The fourth-order valence-corrected chi connectivity index (χ4v) is 2.89. The molecule has 0 amide bonds. The monoisotopic (exact) mass is 241 g/mol. The van der Waals surface area contributed by atoms with E-state index in [1.54, 1.807) is 0 Å². The number of aryl methyl sites for hydroxylation is 1. The summed E-state index contributed by atoms with van der Waals surface area (Å²) >= 11 is 1.96. The number of rotatable bonds is 4. The summed E-state index contributed by atoms with van der Waals surface area (Å²) < 4.78 is 7.90. The molecule has 0 spiro atoms. The molecule has 0 bridgehead atoms. The maximum absolute atomic E-state index is 5.83. The van der Waals surface area contributed by atoms with Crippen molar-refractivity contribution in [1.29, 1.82) is 0 Å². The van der Waals surface area contributed by atoms with Gasteiger partial charge in [0, 0.05) is 30.9 Å². The van der Waals surface area contributed by atoms with E-state index in [1.807, 2.05) is 31.2 Å². The fourth-order valence-electron chi connectivity index (χ4n) is 1.98. The summed E-state index contributed by atoms with van der Waals surface area (Å²) in [5.74, 6) is 3.22. The standard InChI is InChI=1S/C11H19N3OS/c1-3-12-10(9-8-16-7-6-15-9)11-13-4-5-14(11)2/h4-5,9-10,12H,3,6-8H2,1-2H3. The van der Waals surface area contributed by atoms with Gasteiger partial charge in [0.25, 0.3) is 0 Å². The van der Waals surface area contributed by atoms with Crippen LogP contribution in [0.3, 0.4) is 0 Å². The maximum atomic E-state index is 5.83. The average molecular weight is 241 g/mol. The second-order valence-corrected chi connectivity index (χ2v) is 5.07. The zero-order valence-electron chi connectivity index (χ0n) is 9.85. The van der Waals surface area contributed by atoms with Crippen molar-refractivity contribution < 1.29 is 4.74 Å². The highest BCUT2D eigenvalue weighted by molar-refractivity contribution is 7.99. The molecule has 1 aliphatic rings. The number of thioether (sulfide) groups is 1. The Balaban J connectivity index is 2.12.